The summed E-state index contributed by atoms with van der Waals surface area (Å²) < 4.78 is 49.9. The fourth-order valence-electron chi connectivity index (χ4n) is 1.33. The van der Waals surface area contributed by atoms with E-state index in [9.17, 15) is 17.6 Å². The number of alkyl halides is 3. The molecule has 1 rings (SSSR count). The van der Waals surface area contributed by atoms with Crippen LogP contribution in [0, 0.1) is 5.82 Å². The minimum atomic E-state index is -4.54. The molecule has 0 bridgehead atoms. The topological polar surface area (TPSA) is 20.2 Å². The van der Waals surface area contributed by atoms with Crippen molar-refractivity contribution in [2.24, 2.45) is 0 Å². The SMILES string of the molecule is CC(O)CCc1cc(F)cc(C(F)(F)F)c1. The van der Waals surface area contributed by atoms with Gasteiger partial charge in [-0.15, -0.1) is 0 Å². The molecule has 1 atom stereocenters. The maximum Gasteiger partial charge on any atom is 0.416 e. The van der Waals surface area contributed by atoms with Crippen molar-refractivity contribution in [2.75, 3.05) is 0 Å². The van der Waals surface area contributed by atoms with Gasteiger partial charge in [-0.3, -0.25) is 0 Å². The van der Waals surface area contributed by atoms with E-state index in [4.69, 9.17) is 5.11 Å². The number of benzene rings is 1. The van der Waals surface area contributed by atoms with E-state index in [2.05, 4.69) is 0 Å². The first-order valence-corrected chi connectivity index (χ1v) is 4.84. The quantitative estimate of drug-likeness (QED) is 0.799. The number of hydrogen-bond donors (Lipinski definition) is 1. The first-order chi connectivity index (χ1) is 7.29. The Morgan fingerprint density at radius 1 is 1.25 bits per heavy atom. The molecular formula is C11H12F4O. The molecule has 5 heteroatoms. The lowest BCUT2D eigenvalue weighted by molar-refractivity contribution is -0.137. The molecule has 0 spiro atoms. The lowest BCUT2D eigenvalue weighted by Gasteiger charge is -2.10. The first kappa shape index (κ1) is 13.0. The zero-order valence-corrected chi connectivity index (χ0v) is 8.68. The van der Waals surface area contributed by atoms with Gasteiger partial charge in [0, 0.05) is 0 Å². The third kappa shape index (κ3) is 3.81. The maximum atomic E-state index is 12.9. The van der Waals surface area contributed by atoms with Crippen LogP contribution in [0.3, 0.4) is 0 Å². The summed E-state index contributed by atoms with van der Waals surface area (Å²) >= 11 is 0. The summed E-state index contributed by atoms with van der Waals surface area (Å²) in [5.74, 6) is -0.907. The number of aliphatic hydroxyl groups is 1. The van der Waals surface area contributed by atoms with E-state index in [1.54, 1.807) is 0 Å². The Kier molecular flexibility index (Phi) is 3.91. The van der Waals surface area contributed by atoms with Crippen molar-refractivity contribution >= 4 is 0 Å². The highest BCUT2D eigenvalue weighted by molar-refractivity contribution is 5.26. The number of aliphatic hydroxyl groups excluding tert-OH is 1. The Morgan fingerprint density at radius 3 is 2.38 bits per heavy atom. The van der Waals surface area contributed by atoms with E-state index >= 15 is 0 Å². The molecule has 0 saturated heterocycles. The molecule has 0 saturated carbocycles. The van der Waals surface area contributed by atoms with Crippen LogP contribution in [0.25, 0.3) is 0 Å². The minimum absolute atomic E-state index is 0.221. The van der Waals surface area contributed by atoms with Gasteiger partial charge in [0.2, 0.25) is 0 Å². The molecule has 90 valence electrons. The summed E-state index contributed by atoms with van der Waals surface area (Å²) in [6.07, 6.45) is -4.63. The second kappa shape index (κ2) is 4.82. The predicted molar refractivity (Wildman–Crippen MR) is 51.4 cm³/mol. The molecular weight excluding hydrogens is 224 g/mol. The van der Waals surface area contributed by atoms with Crippen LogP contribution in [0.2, 0.25) is 0 Å². The van der Waals surface area contributed by atoms with Crippen molar-refractivity contribution in [1.29, 1.82) is 0 Å². The second-order valence-electron chi connectivity index (χ2n) is 3.73. The van der Waals surface area contributed by atoms with E-state index in [1.807, 2.05) is 0 Å². The van der Waals surface area contributed by atoms with Crippen LogP contribution in [-0.4, -0.2) is 11.2 Å². The lowest BCUT2D eigenvalue weighted by atomic mass is 10.0. The molecule has 0 fully saturated rings. The molecule has 1 nitrogen and oxygen atoms in total. The minimum Gasteiger partial charge on any atom is -0.393 e. The number of hydrogen-bond acceptors (Lipinski definition) is 1. The fourth-order valence-corrected chi connectivity index (χ4v) is 1.33. The van der Waals surface area contributed by atoms with Crippen molar-refractivity contribution in [2.45, 2.75) is 32.0 Å². The van der Waals surface area contributed by atoms with E-state index in [1.165, 1.54) is 6.92 Å². The van der Waals surface area contributed by atoms with Gasteiger partial charge in [-0.05, 0) is 43.5 Å². The summed E-state index contributed by atoms with van der Waals surface area (Å²) in [7, 11) is 0. The van der Waals surface area contributed by atoms with E-state index in [0.29, 0.717) is 12.5 Å². The monoisotopic (exact) mass is 236 g/mol. The van der Waals surface area contributed by atoms with Crippen LogP contribution in [0.1, 0.15) is 24.5 Å². The van der Waals surface area contributed by atoms with Crippen molar-refractivity contribution in [3.8, 4) is 0 Å². The highest BCUT2D eigenvalue weighted by Crippen LogP contribution is 2.30. The van der Waals surface area contributed by atoms with Gasteiger partial charge >= 0.3 is 6.18 Å². The van der Waals surface area contributed by atoms with E-state index < -0.39 is 23.7 Å². The van der Waals surface area contributed by atoms with Gasteiger partial charge < -0.3 is 5.11 Å². The van der Waals surface area contributed by atoms with Gasteiger partial charge in [0.05, 0.1) is 11.7 Å². The number of halogens is 4. The summed E-state index contributed by atoms with van der Waals surface area (Å²) in [5, 5.41) is 9.00. The van der Waals surface area contributed by atoms with Gasteiger partial charge in [-0.2, -0.15) is 13.2 Å². The van der Waals surface area contributed by atoms with Crippen molar-refractivity contribution in [3.63, 3.8) is 0 Å². The molecule has 0 aliphatic rings. The molecule has 0 aromatic heterocycles. The van der Waals surface area contributed by atoms with Crippen molar-refractivity contribution < 1.29 is 22.7 Å². The van der Waals surface area contributed by atoms with Gasteiger partial charge in [0.25, 0.3) is 0 Å². The Hall–Kier alpha value is -1.10. The highest BCUT2D eigenvalue weighted by atomic mass is 19.4. The van der Waals surface area contributed by atoms with Crippen LogP contribution >= 0.6 is 0 Å². The summed E-state index contributed by atoms with van der Waals surface area (Å²) in [6, 6.07) is 2.43. The number of aryl methyl sites for hydroxylation is 1. The fraction of sp³-hybridized carbons (Fsp3) is 0.455. The summed E-state index contributed by atoms with van der Waals surface area (Å²) in [4.78, 5) is 0. The van der Waals surface area contributed by atoms with Crippen LogP contribution in [-0.2, 0) is 12.6 Å². The van der Waals surface area contributed by atoms with E-state index in [-0.39, 0.29) is 12.0 Å². The molecule has 0 heterocycles. The van der Waals surface area contributed by atoms with Crippen LogP contribution in [0.15, 0.2) is 18.2 Å². The van der Waals surface area contributed by atoms with E-state index in [0.717, 1.165) is 12.1 Å². The lowest BCUT2D eigenvalue weighted by Crippen LogP contribution is -2.07. The molecule has 1 aromatic carbocycles. The predicted octanol–water partition coefficient (Wildman–Crippen LogP) is 3.16. The zero-order chi connectivity index (χ0) is 12.3. The molecule has 0 aliphatic carbocycles. The smallest absolute Gasteiger partial charge is 0.393 e. The summed E-state index contributed by atoms with van der Waals surface area (Å²) in [6.45, 7) is 1.53. The second-order valence-corrected chi connectivity index (χ2v) is 3.73. The molecule has 0 amide bonds. The summed E-state index contributed by atoms with van der Waals surface area (Å²) in [5.41, 5.74) is -0.749. The largest absolute Gasteiger partial charge is 0.416 e. The molecule has 1 N–H and O–H groups in total. The van der Waals surface area contributed by atoms with Crippen LogP contribution in [0.5, 0.6) is 0 Å². The van der Waals surface area contributed by atoms with Crippen molar-refractivity contribution in [1.82, 2.24) is 0 Å². The van der Waals surface area contributed by atoms with Gasteiger partial charge in [-0.1, -0.05) is 0 Å². The van der Waals surface area contributed by atoms with Crippen LogP contribution in [0.4, 0.5) is 17.6 Å². The third-order valence-corrected chi connectivity index (χ3v) is 2.14. The average molecular weight is 236 g/mol. The molecule has 1 unspecified atom stereocenters. The Labute approximate surface area is 90.7 Å². The molecule has 0 radical (unpaired) electrons. The molecule has 16 heavy (non-hydrogen) atoms. The van der Waals surface area contributed by atoms with Gasteiger partial charge in [0.1, 0.15) is 5.82 Å². The van der Waals surface area contributed by atoms with Gasteiger partial charge in [0.15, 0.2) is 0 Å². The highest BCUT2D eigenvalue weighted by Gasteiger charge is 2.31. The first-order valence-electron chi connectivity index (χ1n) is 4.84. The zero-order valence-electron chi connectivity index (χ0n) is 8.68. The normalized spacial score (nSPS) is 13.9. The third-order valence-electron chi connectivity index (χ3n) is 2.14. The molecule has 0 aliphatic heterocycles. The maximum absolute atomic E-state index is 12.9. The van der Waals surface area contributed by atoms with Gasteiger partial charge in [-0.25, -0.2) is 4.39 Å². The Balaban J connectivity index is 2.90. The average Bonchev–Trinajstić information content (AvgIpc) is 2.12. The Bertz CT molecular complexity index is 357. The standard InChI is InChI=1S/C11H12F4O/c1-7(16)2-3-8-4-9(11(13,14)15)6-10(12)5-8/h4-7,16H,2-3H2,1H3. The van der Waals surface area contributed by atoms with Crippen molar-refractivity contribution in [3.05, 3.63) is 35.1 Å². The molecule has 1 aromatic rings. The van der Waals surface area contributed by atoms with Crippen LogP contribution < -0.4 is 0 Å². The number of rotatable bonds is 3. The Morgan fingerprint density at radius 2 is 1.88 bits per heavy atom.